The van der Waals surface area contributed by atoms with Gasteiger partial charge in [0.1, 0.15) is 5.25 Å². The monoisotopic (exact) mass is 243 g/mol. The number of rotatable bonds is 3. The van der Waals surface area contributed by atoms with E-state index in [1.54, 1.807) is 6.92 Å². The summed E-state index contributed by atoms with van der Waals surface area (Å²) in [6, 6.07) is 2.15. The van der Waals surface area contributed by atoms with E-state index >= 15 is 0 Å². The third-order valence-electron chi connectivity index (χ3n) is 2.06. The van der Waals surface area contributed by atoms with Crippen LogP contribution in [0, 0.1) is 11.3 Å². The highest BCUT2D eigenvalue weighted by molar-refractivity contribution is 8.19. The van der Waals surface area contributed by atoms with Crippen molar-refractivity contribution in [3.05, 3.63) is 12.2 Å². The van der Waals surface area contributed by atoms with Crippen molar-refractivity contribution >= 4 is 29.5 Å². The largest absolute Gasteiger partial charge is 0.464 e. The molecule has 0 fully saturated rings. The van der Waals surface area contributed by atoms with Crippen LogP contribution in [0.5, 0.6) is 0 Å². The average molecular weight is 243 g/mol. The molecule has 0 spiro atoms. The maximum absolute atomic E-state index is 11.8. The molecule has 0 aromatic heterocycles. The van der Waals surface area contributed by atoms with E-state index in [1.165, 1.54) is 23.5 Å². The molecular weight excluding hydrogens is 230 g/mol. The van der Waals surface area contributed by atoms with Crippen LogP contribution in [0.1, 0.15) is 13.3 Å². The zero-order chi connectivity index (χ0) is 11.3. The lowest BCUT2D eigenvalue weighted by Gasteiger charge is -2.31. The lowest BCUT2D eigenvalue weighted by molar-refractivity contribution is -0.143. The van der Waals surface area contributed by atoms with Crippen LogP contribution in [-0.4, -0.2) is 28.2 Å². The Labute approximate surface area is 98.2 Å². The Morgan fingerprint density at radius 1 is 1.87 bits per heavy atom. The summed E-state index contributed by atoms with van der Waals surface area (Å²) in [5.74, 6) is -0.230. The van der Waals surface area contributed by atoms with E-state index in [9.17, 15) is 4.79 Å². The van der Waals surface area contributed by atoms with Crippen LogP contribution in [0.2, 0.25) is 0 Å². The van der Waals surface area contributed by atoms with Gasteiger partial charge in [0.15, 0.2) is 4.08 Å². The van der Waals surface area contributed by atoms with Gasteiger partial charge in [-0.3, -0.25) is 0 Å². The number of esters is 1. The summed E-state index contributed by atoms with van der Waals surface area (Å²) in [7, 11) is 0. The van der Waals surface area contributed by atoms with Crippen LogP contribution >= 0.6 is 23.5 Å². The lowest BCUT2D eigenvalue weighted by atomic mass is 10.2. The molecule has 3 nitrogen and oxygen atoms in total. The van der Waals surface area contributed by atoms with Crippen LogP contribution in [-0.2, 0) is 9.53 Å². The Kier molecular flexibility index (Phi) is 4.55. The normalized spacial score (nSPS) is 29.5. The summed E-state index contributed by atoms with van der Waals surface area (Å²) in [4.78, 5) is 11.8. The first-order chi connectivity index (χ1) is 7.18. The minimum absolute atomic E-state index is 0.230. The van der Waals surface area contributed by atoms with Gasteiger partial charge < -0.3 is 4.74 Å². The molecule has 2 unspecified atom stereocenters. The summed E-state index contributed by atoms with van der Waals surface area (Å²) in [6.45, 7) is 2.17. The van der Waals surface area contributed by atoms with Crippen molar-refractivity contribution in [2.45, 2.75) is 22.7 Å². The number of nitrogens with zero attached hydrogens (tertiary/aromatic N) is 1. The van der Waals surface area contributed by atoms with Gasteiger partial charge in [-0.2, -0.15) is 5.26 Å². The van der Waals surface area contributed by atoms with E-state index in [0.29, 0.717) is 13.0 Å². The van der Waals surface area contributed by atoms with Gasteiger partial charge in [-0.25, -0.2) is 4.79 Å². The number of carbonyl (C=O) groups is 1. The van der Waals surface area contributed by atoms with Gasteiger partial charge in [-0.1, -0.05) is 12.2 Å². The molecule has 0 bridgehead atoms. The summed E-state index contributed by atoms with van der Waals surface area (Å²) in [5.41, 5.74) is 0. The molecule has 1 rings (SSSR count). The van der Waals surface area contributed by atoms with Gasteiger partial charge in [0.05, 0.1) is 12.7 Å². The maximum atomic E-state index is 11.8. The van der Waals surface area contributed by atoms with Crippen molar-refractivity contribution in [2.24, 2.45) is 0 Å². The van der Waals surface area contributed by atoms with Crippen LogP contribution < -0.4 is 0 Å². The second-order valence-electron chi connectivity index (χ2n) is 2.98. The van der Waals surface area contributed by atoms with E-state index < -0.39 is 4.08 Å². The smallest absolute Gasteiger partial charge is 0.332 e. The topological polar surface area (TPSA) is 50.1 Å². The number of hydrogen-bond acceptors (Lipinski definition) is 5. The van der Waals surface area contributed by atoms with Gasteiger partial charge in [0, 0.05) is 6.42 Å². The van der Waals surface area contributed by atoms with E-state index in [1.807, 2.05) is 18.4 Å². The third kappa shape index (κ3) is 2.70. The first kappa shape index (κ1) is 12.5. The first-order valence-electron chi connectivity index (χ1n) is 4.65. The second kappa shape index (κ2) is 5.47. The summed E-state index contributed by atoms with van der Waals surface area (Å²) >= 11 is 2.81. The quantitative estimate of drug-likeness (QED) is 0.562. The van der Waals surface area contributed by atoms with Crippen molar-refractivity contribution in [1.82, 2.24) is 0 Å². The molecule has 0 aromatic rings. The molecule has 1 heterocycles. The first-order valence-corrected chi connectivity index (χ1v) is 6.75. The highest BCUT2D eigenvalue weighted by atomic mass is 32.2. The molecule has 0 amide bonds. The predicted octanol–water partition coefficient (Wildman–Crippen LogP) is 2.19. The fourth-order valence-corrected chi connectivity index (χ4v) is 3.48. The average Bonchev–Trinajstić information content (AvgIpc) is 2.29. The Bertz CT molecular complexity index is 311. The molecule has 82 valence electrons. The molecule has 5 heteroatoms. The molecule has 0 aliphatic carbocycles. The molecule has 0 aromatic carbocycles. The molecular formula is C10H13NO2S2. The Hall–Kier alpha value is -0.600. The molecule has 1 aliphatic heterocycles. The van der Waals surface area contributed by atoms with Crippen LogP contribution in [0.4, 0.5) is 0 Å². The molecule has 1 aliphatic rings. The van der Waals surface area contributed by atoms with Gasteiger partial charge >= 0.3 is 5.97 Å². The number of carbonyl (C=O) groups excluding carboxylic acids is 1. The van der Waals surface area contributed by atoms with Gasteiger partial charge in [-0.15, -0.1) is 23.5 Å². The number of hydrogen-bond donors (Lipinski definition) is 0. The minimum Gasteiger partial charge on any atom is -0.464 e. The van der Waals surface area contributed by atoms with Gasteiger partial charge in [-0.05, 0) is 13.2 Å². The fraction of sp³-hybridized carbons (Fsp3) is 0.600. The predicted molar refractivity (Wildman–Crippen MR) is 63.6 cm³/mol. The Morgan fingerprint density at radius 2 is 2.60 bits per heavy atom. The number of allylic oxidation sites excluding steroid dienone is 1. The fourth-order valence-electron chi connectivity index (χ4n) is 1.30. The molecule has 0 radical (unpaired) electrons. The van der Waals surface area contributed by atoms with E-state index in [-0.39, 0.29) is 11.2 Å². The van der Waals surface area contributed by atoms with Gasteiger partial charge in [0.2, 0.25) is 0 Å². The van der Waals surface area contributed by atoms with Crippen LogP contribution in [0.3, 0.4) is 0 Å². The van der Waals surface area contributed by atoms with Crippen molar-refractivity contribution in [3.63, 3.8) is 0 Å². The second-order valence-corrected chi connectivity index (χ2v) is 5.78. The van der Waals surface area contributed by atoms with Gasteiger partial charge in [0.25, 0.3) is 0 Å². The van der Waals surface area contributed by atoms with Crippen molar-refractivity contribution < 1.29 is 9.53 Å². The lowest BCUT2D eigenvalue weighted by Crippen LogP contribution is -2.36. The van der Waals surface area contributed by atoms with E-state index in [0.717, 1.165) is 0 Å². The molecule has 2 atom stereocenters. The molecule has 0 saturated carbocycles. The summed E-state index contributed by atoms with van der Waals surface area (Å²) < 4.78 is 4.41. The number of thioether (sulfide) groups is 2. The van der Waals surface area contributed by atoms with Crippen molar-refractivity contribution in [3.8, 4) is 6.07 Å². The highest BCUT2D eigenvalue weighted by Crippen LogP contribution is 2.45. The maximum Gasteiger partial charge on any atom is 0.332 e. The molecule has 15 heavy (non-hydrogen) atoms. The van der Waals surface area contributed by atoms with Crippen molar-refractivity contribution in [2.75, 3.05) is 12.9 Å². The zero-order valence-electron chi connectivity index (χ0n) is 8.73. The van der Waals surface area contributed by atoms with E-state index in [4.69, 9.17) is 10.00 Å². The van der Waals surface area contributed by atoms with E-state index in [2.05, 4.69) is 6.07 Å². The zero-order valence-corrected chi connectivity index (χ0v) is 10.4. The Morgan fingerprint density at radius 3 is 3.13 bits per heavy atom. The number of nitriles is 1. The summed E-state index contributed by atoms with van der Waals surface area (Å²) in [6.07, 6.45) is 6.21. The molecule has 0 N–H and O–H groups in total. The van der Waals surface area contributed by atoms with Crippen LogP contribution in [0.15, 0.2) is 12.2 Å². The Balaban J connectivity index is 2.82. The van der Waals surface area contributed by atoms with Crippen molar-refractivity contribution in [1.29, 1.82) is 5.26 Å². The summed E-state index contributed by atoms with van der Waals surface area (Å²) in [5, 5.41) is 8.59. The third-order valence-corrected chi connectivity index (χ3v) is 5.07. The molecule has 0 saturated heterocycles. The highest BCUT2D eigenvalue weighted by Gasteiger charge is 2.42. The standard InChI is InChI=1S/C10H13NO2S2/c1-3-13-9(12)10(14-2)6-4-5-8(7-11)15-10/h4-5,8H,3,6H2,1-2H3. The number of ether oxygens (including phenoxy) is 1. The van der Waals surface area contributed by atoms with Crippen LogP contribution in [0.25, 0.3) is 0 Å². The minimum atomic E-state index is -0.634. The SMILES string of the molecule is CCOC(=O)C1(SC)CC=CC(C#N)S1.